The van der Waals surface area contributed by atoms with E-state index in [1.54, 1.807) is 0 Å². The maximum Gasteiger partial charge on any atom is 0.437 e. The Hall–Kier alpha value is -1.90. The minimum absolute atomic E-state index is 0.373. The fraction of sp³-hybridized carbons (Fsp3) is 0.0909. The maximum atomic E-state index is 13.5. The lowest BCUT2D eigenvalue weighted by Crippen LogP contribution is -2.11. The summed E-state index contributed by atoms with van der Waals surface area (Å²) in [6.45, 7) is 0. The molecule has 0 aliphatic carbocycles. The van der Waals surface area contributed by atoms with Gasteiger partial charge in [0.2, 0.25) is 11.7 Å². The number of oxazole rings is 1. The molecular weight excluding hydrogens is 350 g/mol. The summed E-state index contributed by atoms with van der Waals surface area (Å²) in [6, 6.07) is 3.44. The highest BCUT2D eigenvalue weighted by molar-refractivity contribution is 9.10. The van der Waals surface area contributed by atoms with Gasteiger partial charge in [0.15, 0.2) is 5.69 Å². The van der Waals surface area contributed by atoms with Crippen molar-refractivity contribution in [2.75, 3.05) is 0 Å². The lowest BCUT2D eigenvalue weighted by atomic mass is 10.2. The predicted molar refractivity (Wildman–Crippen MR) is 61.6 cm³/mol. The first kappa shape index (κ1) is 14.5. The summed E-state index contributed by atoms with van der Waals surface area (Å²) in [5.41, 5.74) is -2.09. The number of carboxylic acid groups (broad SMARTS) is 1. The van der Waals surface area contributed by atoms with Crippen molar-refractivity contribution in [3.05, 3.63) is 39.9 Å². The van der Waals surface area contributed by atoms with Crippen LogP contribution in [0.1, 0.15) is 16.2 Å². The fourth-order valence-corrected chi connectivity index (χ4v) is 1.79. The molecule has 20 heavy (non-hydrogen) atoms. The minimum Gasteiger partial charge on any atom is -0.475 e. The van der Waals surface area contributed by atoms with Crippen LogP contribution in [0.15, 0.2) is 27.1 Å². The molecule has 9 heteroatoms. The van der Waals surface area contributed by atoms with Crippen LogP contribution in [-0.2, 0) is 6.18 Å². The highest BCUT2D eigenvalue weighted by Crippen LogP contribution is 2.35. The van der Waals surface area contributed by atoms with E-state index in [4.69, 9.17) is 5.11 Å². The topological polar surface area (TPSA) is 63.3 Å². The van der Waals surface area contributed by atoms with Gasteiger partial charge in [-0.1, -0.05) is 15.9 Å². The number of nitrogens with zero attached hydrogens (tertiary/aromatic N) is 1. The van der Waals surface area contributed by atoms with Crippen LogP contribution in [-0.4, -0.2) is 16.1 Å². The minimum atomic E-state index is -5.02. The van der Waals surface area contributed by atoms with Crippen LogP contribution in [0.2, 0.25) is 0 Å². The first-order chi connectivity index (χ1) is 9.20. The van der Waals surface area contributed by atoms with Crippen molar-refractivity contribution in [2.24, 2.45) is 0 Å². The van der Waals surface area contributed by atoms with E-state index in [1.165, 1.54) is 6.07 Å². The highest BCUT2D eigenvalue weighted by atomic mass is 79.9. The summed E-state index contributed by atoms with van der Waals surface area (Å²) in [5, 5.41) is 8.68. The van der Waals surface area contributed by atoms with Crippen molar-refractivity contribution >= 4 is 21.9 Å². The molecule has 0 atom stereocenters. The third-order valence-corrected chi connectivity index (χ3v) is 2.74. The lowest BCUT2D eigenvalue weighted by Gasteiger charge is -2.01. The summed E-state index contributed by atoms with van der Waals surface area (Å²) >= 11 is 3.01. The van der Waals surface area contributed by atoms with Crippen molar-refractivity contribution in [1.29, 1.82) is 0 Å². The Morgan fingerprint density at radius 3 is 2.50 bits per heavy atom. The zero-order valence-corrected chi connectivity index (χ0v) is 10.9. The largest absolute Gasteiger partial charge is 0.475 e. The van der Waals surface area contributed by atoms with Crippen LogP contribution in [0.4, 0.5) is 17.6 Å². The van der Waals surface area contributed by atoms with Gasteiger partial charge in [-0.3, -0.25) is 0 Å². The molecule has 0 aliphatic rings. The van der Waals surface area contributed by atoms with Crippen LogP contribution in [0.25, 0.3) is 11.5 Å². The molecule has 1 aromatic carbocycles. The Labute approximate surface area is 117 Å². The van der Waals surface area contributed by atoms with E-state index >= 15 is 0 Å². The van der Waals surface area contributed by atoms with Gasteiger partial charge in [0, 0.05) is 4.47 Å². The van der Waals surface area contributed by atoms with Gasteiger partial charge in [0.05, 0.1) is 5.56 Å². The van der Waals surface area contributed by atoms with Crippen molar-refractivity contribution in [1.82, 2.24) is 4.98 Å². The molecule has 106 valence electrons. The van der Waals surface area contributed by atoms with E-state index in [1.807, 2.05) is 0 Å². The number of hydrogen-bond acceptors (Lipinski definition) is 3. The van der Waals surface area contributed by atoms with Crippen LogP contribution in [0.3, 0.4) is 0 Å². The maximum absolute atomic E-state index is 13.5. The van der Waals surface area contributed by atoms with Crippen LogP contribution < -0.4 is 0 Å². The number of halogens is 5. The van der Waals surface area contributed by atoms with Gasteiger partial charge in [-0.05, 0) is 18.2 Å². The molecule has 1 heterocycles. The molecule has 1 aromatic heterocycles. The second-order valence-electron chi connectivity index (χ2n) is 3.62. The Kier molecular flexibility index (Phi) is 3.55. The van der Waals surface area contributed by atoms with Crippen molar-refractivity contribution < 1.29 is 31.9 Å². The molecule has 0 bridgehead atoms. The van der Waals surface area contributed by atoms with E-state index in [-0.39, 0.29) is 5.56 Å². The molecule has 2 aromatic rings. The van der Waals surface area contributed by atoms with E-state index < -0.39 is 35.3 Å². The molecule has 0 spiro atoms. The molecule has 1 N–H and O–H groups in total. The first-order valence-electron chi connectivity index (χ1n) is 4.97. The van der Waals surface area contributed by atoms with E-state index in [0.29, 0.717) is 4.47 Å². The second kappa shape index (κ2) is 4.89. The van der Waals surface area contributed by atoms with Gasteiger partial charge < -0.3 is 9.52 Å². The quantitative estimate of drug-likeness (QED) is 0.830. The number of benzene rings is 1. The monoisotopic (exact) mass is 353 g/mol. The first-order valence-corrected chi connectivity index (χ1v) is 5.76. The molecule has 0 radical (unpaired) electrons. The molecular formula is C11H4BrF4NO3. The molecule has 0 saturated heterocycles. The SMILES string of the molecule is O=C(O)c1oc(-c2cc(Br)ccc2F)nc1C(F)(F)F. The Morgan fingerprint density at radius 1 is 1.35 bits per heavy atom. The normalized spacial score (nSPS) is 11.7. The van der Waals surface area contributed by atoms with Crippen molar-refractivity contribution in [3.63, 3.8) is 0 Å². The summed E-state index contributed by atoms with van der Waals surface area (Å²) in [5.74, 6) is -4.97. The number of aromatic nitrogens is 1. The van der Waals surface area contributed by atoms with Gasteiger partial charge in [0.25, 0.3) is 0 Å². The van der Waals surface area contributed by atoms with E-state index in [2.05, 4.69) is 25.3 Å². The molecule has 0 saturated carbocycles. The van der Waals surface area contributed by atoms with Crippen LogP contribution in [0.5, 0.6) is 0 Å². The molecule has 0 aliphatic heterocycles. The van der Waals surface area contributed by atoms with Gasteiger partial charge in [-0.15, -0.1) is 0 Å². The number of alkyl halides is 3. The third kappa shape index (κ3) is 2.67. The zero-order valence-electron chi connectivity index (χ0n) is 9.33. The summed E-state index contributed by atoms with van der Waals surface area (Å²) in [4.78, 5) is 13.8. The lowest BCUT2D eigenvalue weighted by molar-refractivity contribution is -0.141. The van der Waals surface area contributed by atoms with Gasteiger partial charge in [-0.25, -0.2) is 14.2 Å². The third-order valence-electron chi connectivity index (χ3n) is 2.25. The zero-order chi connectivity index (χ0) is 15.1. The molecule has 0 amide bonds. The molecule has 4 nitrogen and oxygen atoms in total. The molecule has 0 fully saturated rings. The highest BCUT2D eigenvalue weighted by Gasteiger charge is 2.41. The number of carboxylic acids is 1. The number of hydrogen-bond donors (Lipinski definition) is 1. The fourth-order valence-electron chi connectivity index (χ4n) is 1.43. The van der Waals surface area contributed by atoms with Crippen molar-refractivity contribution in [3.8, 4) is 11.5 Å². The summed E-state index contributed by atoms with van der Waals surface area (Å²) < 4.78 is 56.3. The van der Waals surface area contributed by atoms with Crippen LogP contribution >= 0.6 is 15.9 Å². The average molecular weight is 354 g/mol. The second-order valence-corrected chi connectivity index (χ2v) is 4.54. The Balaban J connectivity index is 2.65. The standard InChI is InChI=1S/C11H4BrF4NO3/c12-4-1-2-6(13)5(3-4)9-17-8(11(14,15)16)7(20-9)10(18)19/h1-3H,(H,18,19). The molecule has 2 rings (SSSR count). The number of aromatic carboxylic acids is 1. The average Bonchev–Trinajstić information content (AvgIpc) is 2.77. The summed E-state index contributed by atoms with van der Waals surface area (Å²) in [7, 11) is 0. The van der Waals surface area contributed by atoms with Crippen LogP contribution in [0, 0.1) is 5.82 Å². The predicted octanol–water partition coefficient (Wildman–Crippen LogP) is 3.96. The Morgan fingerprint density at radius 2 is 2.00 bits per heavy atom. The Bertz CT molecular complexity index is 681. The number of rotatable bonds is 2. The number of carbonyl (C=O) groups is 1. The van der Waals surface area contributed by atoms with E-state index in [9.17, 15) is 22.4 Å². The van der Waals surface area contributed by atoms with E-state index in [0.717, 1.165) is 12.1 Å². The van der Waals surface area contributed by atoms with Crippen molar-refractivity contribution in [2.45, 2.75) is 6.18 Å². The van der Waals surface area contributed by atoms with Gasteiger partial charge in [0.1, 0.15) is 5.82 Å². The summed E-state index contributed by atoms with van der Waals surface area (Å²) in [6.07, 6.45) is -5.02. The smallest absolute Gasteiger partial charge is 0.437 e. The van der Waals surface area contributed by atoms with Gasteiger partial charge in [-0.2, -0.15) is 13.2 Å². The van der Waals surface area contributed by atoms with Gasteiger partial charge >= 0.3 is 12.1 Å². The molecule has 0 unspecified atom stereocenters.